The lowest BCUT2D eigenvalue weighted by Gasteiger charge is -2.22. The van der Waals surface area contributed by atoms with Gasteiger partial charge in [-0.15, -0.1) is 0 Å². The van der Waals surface area contributed by atoms with E-state index in [9.17, 15) is 0 Å². The first-order valence-electron chi connectivity index (χ1n) is 7.26. The predicted molar refractivity (Wildman–Crippen MR) is 87.5 cm³/mol. The number of hydrogen-bond donors (Lipinski definition) is 1. The van der Waals surface area contributed by atoms with Gasteiger partial charge in [0.15, 0.2) is 0 Å². The van der Waals surface area contributed by atoms with Crippen LogP contribution in [0.4, 0.5) is 0 Å². The average molecular weight is 267 g/mol. The standard InChI is InChI=1S/C19H25N/c1-12-7-8-17(10-14(12)3)19(20-6)18-11-15(4)13(2)9-16(18)5/h7-11,19-20H,1-6H3. The summed E-state index contributed by atoms with van der Waals surface area (Å²) < 4.78 is 0. The van der Waals surface area contributed by atoms with E-state index in [0.717, 1.165) is 0 Å². The zero-order valence-electron chi connectivity index (χ0n) is 13.5. The minimum atomic E-state index is 0.258. The van der Waals surface area contributed by atoms with Crippen LogP contribution in [-0.4, -0.2) is 7.05 Å². The molecule has 0 bridgehead atoms. The Morgan fingerprint density at radius 1 is 0.700 bits per heavy atom. The Balaban J connectivity index is 2.52. The molecule has 0 saturated heterocycles. The Hall–Kier alpha value is -1.60. The van der Waals surface area contributed by atoms with Crippen molar-refractivity contribution in [2.24, 2.45) is 0 Å². The quantitative estimate of drug-likeness (QED) is 0.861. The third-order valence-corrected chi connectivity index (χ3v) is 4.35. The van der Waals surface area contributed by atoms with Crippen LogP contribution in [-0.2, 0) is 0 Å². The maximum absolute atomic E-state index is 3.47. The van der Waals surface area contributed by atoms with E-state index in [0.29, 0.717) is 0 Å². The van der Waals surface area contributed by atoms with Crippen LogP contribution in [0.15, 0.2) is 30.3 Å². The average Bonchev–Trinajstić information content (AvgIpc) is 2.40. The van der Waals surface area contributed by atoms with Gasteiger partial charge in [-0.2, -0.15) is 0 Å². The molecule has 1 nitrogen and oxygen atoms in total. The second-order valence-electron chi connectivity index (χ2n) is 5.86. The molecule has 1 N–H and O–H groups in total. The van der Waals surface area contributed by atoms with Gasteiger partial charge in [0.05, 0.1) is 6.04 Å². The van der Waals surface area contributed by atoms with Crippen LogP contribution in [0, 0.1) is 34.6 Å². The summed E-state index contributed by atoms with van der Waals surface area (Å²) in [6.07, 6.45) is 0. The lowest BCUT2D eigenvalue weighted by molar-refractivity contribution is 0.686. The van der Waals surface area contributed by atoms with Crippen molar-refractivity contribution in [3.63, 3.8) is 0 Å². The van der Waals surface area contributed by atoms with Gasteiger partial charge in [-0.25, -0.2) is 0 Å². The van der Waals surface area contributed by atoms with Crippen LogP contribution in [0.3, 0.4) is 0 Å². The molecule has 0 spiro atoms. The topological polar surface area (TPSA) is 12.0 Å². The molecular weight excluding hydrogens is 242 g/mol. The number of rotatable bonds is 3. The molecule has 2 rings (SSSR count). The fourth-order valence-corrected chi connectivity index (χ4v) is 2.74. The highest BCUT2D eigenvalue weighted by Gasteiger charge is 2.15. The number of aryl methyl sites for hydroxylation is 5. The lowest BCUT2D eigenvalue weighted by Crippen LogP contribution is -2.19. The summed E-state index contributed by atoms with van der Waals surface area (Å²) in [5, 5.41) is 3.47. The molecule has 0 aliphatic heterocycles. The first kappa shape index (κ1) is 14.8. The minimum absolute atomic E-state index is 0.258. The van der Waals surface area contributed by atoms with E-state index in [-0.39, 0.29) is 6.04 Å². The molecule has 2 aromatic rings. The smallest absolute Gasteiger partial charge is 0.0577 e. The van der Waals surface area contributed by atoms with Gasteiger partial charge in [0.2, 0.25) is 0 Å². The van der Waals surface area contributed by atoms with Crippen LogP contribution < -0.4 is 5.32 Å². The SMILES string of the molecule is CNC(c1ccc(C)c(C)c1)c1cc(C)c(C)cc1C. The van der Waals surface area contributed by atoms with Crippen molar-refractivity contribution in [1.82, 2.24) is 5.32 Å². The molecule has 0 saturated carbocycles. The molecule has 2 aromatic carbocycles. The second-order valence-corrected chi connectivity index (χ2v) is 5.86. The number of benzene rings is 2. The van der Waals surface area contributed by atoms with Crippen molar-refractivity contribution < 1.29 is 0 Å². The predicted octanol–water partition coefficient (Wildman–Crippen LogP) is 4.54. The summed E-state index contributed by atoms with van der Waals surface area (Å²) in [5.41, 5.74) is 9.48. The molecule has 0 amide bonds. The molecule has 0 aromatic heterocycles. The van der Waals surface area contributed by atoms with Gasteiger partial charge >= 0.3 is 0 Å². The van der Waals surface area contributed by atoms with E-state index in [1.807, 2.05) is 7.05 Å². The van der Waals surface area contributed by atoms with E-state index in [1.54, 1.807) is 0 Å². The largest absolute Gasteiger partial charge is 0.309 e. The molecule has 1 heteroatoms. The minimum Gasteiger partial charge on any atom is -0.309 e. The molecule has 0 aliphatic carbocycles. The maximum atomic E-state index is 3.47. The zero-order valence-corrected chi connectivity index (χ0v) is 13.5. The number of nitrogens with one attached hydrogen (secondary N) is 1. The Bertz CT molecular complexity index is 626. The molecule has 0 heterocycles. The van der Waals surface area contributed by atoms with Gasteiger partial charge in [0, 0.05) is 0 Å². The van der Waals surface area contributed by atoms with Crippen LogP contribution in [0.2, 0.25) is 0 Å². The Morgan fingerprint density at radius 3 is 1.90 bits per heavy atom. The highest BCUT2D eigenvalue weighted by atomic mass is 14.9. The summed E-state index contributed by atoms with van der Waals surface area (Å²) in [6.45, 7) is 10.9. The molecular formula is C19H25N. The fourth-order valence-electron chi connectivity index (χ4n) is 2.74. The van der Waals surface area contributed by atoms with E-state index < -0.39 is 0 Å². The Morgan fingerprint density at radius 2 is 1.30 bits per heavy atom. The van der Waals surface area contributed by atoms with Crippen molar-refractivity contribution >= 4 is 0 Å². The Labute approximate surface area is 123 Å². The summed E-state index contributed by atoms with van der Waals surface area (Å²) in [6, 6.07) is 11.6. The van der Waals surface area contributed by atoms with E-state index >= 15 is 0 Å². The summed E-state index contributed by atoms with van der Waals surface area (Å²) in [7, 11) is 2.04. The maximum Gasteiger partial charge on any atom is 0.0577 e. The van der Waals surface area contributed by atoms with Gasteiger partial charge in [0.1, 0.15) is 0 Å². The molecule has 0 radical (unpaired) electrons. The van der Waals surface area contributed by atoms with Crippen LogP contribution >= 0.6 is 0 Å². The van der Waals surface area contributed by atoms with Crippen LogP contribution in [0.1, 0.15) is 45.0 Å². The molecule has 0 fully saturated rings. The third-order valence-electron chi connectivity index (χ3n) is 4.35. The van der Waals surface area contributed by atoms with Gasteiger partial charge in [-0.1, -0.05) is 30.3 Å². The molecule has 0 aliphatic rings. The van der Waals surface area contributed by atoms with Gasteiger partial charge < -0.3 is 5.32 Å². The lowest BCUT2D eigenvalue weighted by atomic mass is 9.90. The fraction of sp³-hybridized carbons (Fsp3) is 0.368. The van der Waals surface area contributed by atoms with Gasteiger partial charge in [-0.05, 0) is 80.6 Å². The van der Waals surface area contributed by atoms with E-state index in [4.69, 9.17) is 0 Å². The van der Waals surface area contributed by atoms with Crippen LogP contribution in [0.5, 0.6) is 0 Å². The number of hydrogen-bond acceptors (Lipinski definition) is 1. The van der Waals surface area contributed by atoms with Crippen LogP contribution in [0.25, 0.3) is 0 Å². The Kier molecular flexibility index (Phi) is 4.29. The molecule has 1 atom stereocenters. The zero-order chi connectivity index (χ0) is 14.9. The first-order chi connectivity index (χ1) is 9.43. The summed E-state index contributed by atoms with van der Waals surface area (Å²) in [4.78, 5) is 0. The molecule has 20 heavy (non-hydrogen) atoms. The monoisotopic (exact) mass is 267 g/mol. The first-order valence-corrected chi connectivity index (χ1v) is 7.26. The van der Waals surface area contributed by atoms with E-state index in [1.165, 1.54) is 38.9 Å². The highest BCUT2D eigenvalue weighted by Crippen LogP contribution is 2.28. The van der Waals surface area contributed by atoms with Crippen molar-refractivity contribution in [2.45, 2.75) is 40.7 Å². The van der Waals surface area contributed by atoms with Crippen molar-refractivity contribution in [3.05, 3.63) is 69.3 Å². The van der Waals surface area contributed by atoms with E-state index in [2.05, 4.69) is 70.3 Å². The van der Waals surface area contributed by atoms with Crippen molar-refractivity contribution in [3.8, 4) is 0 Å². The van der Waals surface area contributed by atoms with Gasteiger partial charge in [0.25, 0.3) is 0 Å². The highest BCUT2D eigenvalue weighted by molar-refractivity contribution is 5.43. The normalized spacial score (nSPS) is 12.5. The molecule has 1 unspecified atom stereocenters. The summed E-state index contributed by atoms with van der Waals surface area (Å²) >= 11 is 0. The van der Waals surface area contributed by atoms with Crippen molar-refractivity contribution in [2.75, 3.05) is 7.05 Å². The second kappa shape index (κ2) is 5.80. The van der Waals surface area contributed by atoms with Gasteiger partial charge in [-0.3, -0.25) is 0 Å². The van der Waals surface area contributed by atoms with Crippen molar-refractivity contribution in [1.29, 1.82) is 0 Å². The third kappa shape index (κ3) is 2.78. The summed E-state index contributed by atoms with van der Waals surface area (Å²) in [5.74, 6) is 0. The molecule has 106 valence electrons.